The van der Waals surface area contributed by atoms with Gasteiger partial charge in [-0.25, -0.2) is 0 Å². The van der Waals surface area contributed by atoms with Gasteiger partial charge in [0.05, 0.1) is 20.8 Å². The van der Waals surface area contributed by atoms with E-state index in [9.17, 15) is 9.59 Å². The van der Waals surface area contributed by atoms with E-state index in [0.717, 1.165) is 15.8 Å². The molecule has 174 valence electrons. The van der Waals surface area contributed by atoms with Crippen molar-refractivity contribution in [3.8, 4) is 11.5 Å². The quantitative estimate of drug-likeness (QED) is 0.447. The van der Waals surface area contributed by atoms with Crippen LogP contribution in [0.5, 0.6) is 11.5 Å². The Hall–Kier alpha value is -3.78. The number of carbonyl (C=O) groups excluding carboxylic acids is 2. The molecule has 0 fully saturated rings. The second-order valence-electron chi connectivity index (χ2n) is 8.41. The average molecular weight is 476 g/mol. The molecule has 1 aliphatic rings. The first-order valence-electron chi connectivity index (χ1n) is 10.9. The topological polar surface area (TPSA) is 72.8 Å². The number of para-hydroxylation sites is 1. The Morgan fingerprint density at radius 2 is 1.91 bits per heavy atom. The molecule has 2 amide bonds. The SMILES string of the molecule is COc1cccc(N2C(=O)c3cc4ccsc4n3CC2(C)C(=O)NCc2ccccc2OC)c1. The fourth-order valence-corrected chi connectivity index (χ4v) is 5.46. The van der Waals surface area contributed by atoms with E-state index in [1.54, 1.807) is 36.5 Å². The van der Waals surface area contributed by atoms with Crippen LogP contribution in [0.25, 0.3) is 10.2 Å². The van der Waals surface area contributed by atoms with Gasteiger partial charge in [-0.2, -0.15) is 0 Å². The molecule has 5 rings (SSSR count). The first kappa shape index (κ1) is 22.0. The zero-order valence-corrected chi connectivity index (χ0v) is 20.0. The maximum absolute atomic E-state index is 13.8. The number of aromatic nitrogens is 1. The van der Waals surface area contributed by atoms with Gasteiger partial charge in [0.25, 0.3) is 5.91 Å². The zero-order chi connectivity index (χ0) is 23.9. The first-order valence-corrected chi connectivity index (χ1v) is 11.8. The molecular formula is C26H25N3O4S. The van der Waals surface area contributed by atoms with Gasteiger partial charge < -0.3 is 19.4 Å². The summed E-state index contributed by atoms with van der Waals surface area (Å²) in [4.78, 5) is 30.2. The number of hydrogen-bond donors (Lipinski definition) is 1. The van der Waals surface area contributed by atoms with E-state index in [1.807, 2.05) is 71.5 Å². The Morgan fingerprint density at radius 1 is 1.09 bits per heavy atom. The lowest BCUT2D eigenvalue weighted by atomic mass is 9.93. The monoisotopic (exact) mass is 475 g/mol. The summed E-state index contributed by atoms with van der Waals surface area (Å²) in [5.41, 5.74) is 0.864. The molecule has 7 nitrogen and oxygen atoms in total. The molecule has 0 spiro atoms. The number of carbonyl (C=O) groups is 2. The number of benzene rings is 2. The van der Waals surface area contributed by atoms with Gasteiger partial charge >= 0.3 is 0 Å². The molecule has 0 aliphatic carbocycles. The molecule has 1 aliphatic heterocycles. The minimum Gasteiger partial charge on any atom is -0.497 e. The Morgan fingerprint density at radius 3 is 2.71 bits per heavy atom. The van der Waals surface area contributed by atoms with Crippen molar-refractivity contribution in [1.29, 1.82) is 0 Å². The third-order valence-corrected chi connectivity index (χ3v) is 7.27. The molecule has 0 saturated heterocycles. The van der Waals surface area contributed by atoms with Gasteiger partial charge in [-0.05, 0) is 42.6 Å². The largest absolute Gasteiger partial charge is 0.497 e. The number of rotatable bonds is 6. The molecule has 0 radical (unpaired) electrons. The van der Waals surface area contributed by atoms with Crippen molar-refractivity contribution in [2.24, 2.45) is 0 Å². The lowest BCUT2D eigenvalue weighted by Gasteiger charge is -2.44. The summed E-state index contributed by atoms with van der Waals surface area (Å²) in [5, 5.41) is 6.04. The number of anilines is 1. The summed E-state index contributed by atoms with van der Waals surface area (Å²) in [6.07, 6.45) is 0. The summed E-state index contributed by atoms with van der Waals surface area (Å²) >= 11 is 1.57. The molecule has 1 N–H and O–H groups in total. The van der Waals surface area contributed by atoms with Gasteiger partial charge in [-0.15, -0.1) is 11.3 Å². The highest BCUT2D eigenvalue weighted by molar-refractivity contribution is 7.16. The maximum atomic E-state index is 13.8. The van der Waals surface area contributed by atoms with Crippen LogP contribution in [0.4, 0.5) is 5.69 Å². The fraction of sp³-hybridized carbons (Fsp3) is 0.231. The van der Waals surface area contributed by atoms with Crippen molar-refractivity contribution in [3.63, 3.8) is 0 Å². The minimum absolute atomic E-state index is 0.224. The van der Waals surface area contributed by atoms with Crippen LogP contribution in [0.2, 0.25) is 0 Å². The van der Waals surface area contributed by atoms with Crippen LogP contribution < -0.4 is 19.7 Å². The second-order valence-corrected chi connectivity index (χ2v) is 9.30. The maximum Gasteiger partial charge on any atom is 0.275 e. The van der Waals surface area contributed by atoms with E-state index in [1.165, 1.54) is 0 Å². The summed E-state index contributed by atoms with van der Waals surface area (Å²) in [7, 11) is 3.18. The van der Waals surface area contributed by atoms with Crippen LogP contribution in [0.15, 0.2) is 66.0 Å². The molecule has 0 bridgehead atoms. The van der Waals surface area contributed by atoms with Crippen molar-refractivity contribution < 1.29 is 19.1 Å². The van der Waals surface area contributed by atoms with Crippen molar-refractivity contribution >= 4 is 39.1 Å². The number of nitrogens with zero attached hydrogens (tertiary/aromatic N) is 2. The minimum atomic E-state index is -1.17. The van der Waals surface area contributed by atoms with E-state index >= 15 is 0 Å². The van der Waals surface area contributed by atoms with Gasteiger partial charge in [-0.3, -0.25) is 14.5 Å². The number of fused-ring (bicyclic) bond motifs is 3. The number of amides is 2. The van der Waals surface area contributed by atoms with Gasteiger partial charge in [-0.1, -0.05) is 24.3 Å². The molecule has 2 aromatic heterocycles. The third-order valence-electron chi connectivity index (χ3n) is 6.32. The van der Waals surface area contributed by atoms with Crippen LogP contribution in [-0.2, 0) is 17.9 Å². The van der Waals surface area contributed by atoms with E-state index in [-0.39, 0.29) is 18.4 Å². The van der Waals surface area contributed by atoms with Crippen LogP contribution in [0, 0.1) is 0 Å². The van der Waals surface area contributed by atoms with Crippen LogP contribution in [-0.4, -0.2) is 36.1 Å². The van der Waals surface area contributed by atoms with Gasteiger partial charge in [0.2, 0.25) is 5.91 Å². The van der Waals surface area contributed by atoms with E-state index in [2.05, 4.69) is 5.32 Å². The van der Waals surface area contributed by atoms with Crippen molar-refractivity contribution in [2.45, 2.75) is 25.6 Å². The standard InChI is InChI=1S/C26H25N3O4S/c1-26(25(31)27-15-18-7-4-5-10-22(18)33-3)16-28-21(13-17-11-12-34-24(17)28)23(30)29(26)19-8-6-9-20(14-19)32-2/h4-14H,15-16H2,1-3H3,(H,27,31). The third kappa shape index (κ3) is 3.51. The van der Waals surface area contributed by atoms with Crippen molar-refractivity contribution in [1.82, 2.24) is 9.88 Å². The van der Waals surface area contributed by atoms with Crippen LogP contribution >= 0.6 is 11.3 Å². The van der Waals surface area contributed by atoms with Gasteiger partial charge in [0.15, 0.2) is 0 Å². The summed E-state index contributed by atoms with van der Waals surface area (Å²) in [6, 6.07) is 18.7. The molecule has 1 unspecified atom stereocenters. The fourth-order valence-electron chi connectivity index (χ4n) is 4.57. The predicted octanol–water partition coefficient (Wildman–Crippen LogP) is 4.46. The molecule has 4 aromatic rings. The smallest absolute Gasteiger partial charge is 0.275 e. The lowest BCUT2D eigenvalue weighted by molar-refractivity contribution is -0.126. The number of thiophene rings is 1. The predicted molar refractivity (Wildman–Crippen MR) is 133 cm³/mol. The molecule has 2 aromatic carbocycles. The molecule has 0 saturated carbocycles. The van der Waals surface area contributed by atoms with Crippen molar-refractivity contribution in [3.05, 3.63) is 77.3 Å². The normalized spacial score (nSPS) is 17.5. The Balaban J connectivity index is 1.56. The highest BCUT2D eigenvalue weighted by Gasteiger charge is 2.48. The first-order chi connectivity index (χ1) is 16.5. The highest BCUT2D eigenvalue weighted by atomic mass is 32.1. The number of nitrogens with one attached hydrogen (secondary N) is 1. The number of hydrogen-bond acceptors (Lipinski definition) is 5. The number of ether oxygens (including phenoxy) is 2. The van der Waals surface area contributed by atoms with Gasteiger partial charge in [0, 0.05) is 29.2 Å². The molecule has 1 atom stereocenters. The van der Waals surface area contributed by atoms with E-state index in [4.69, 9.17) is 9.47 Å². The summed E-state index contributed by atoms with van der Waals surface area (Å²) in [6.45, 7) is 2.42. The highest BCUT2D eigenvalue weighted by Crippen LogP contribution is 2.38. The van der Waals surface area contributed by atoms with Crippen LogP contribution in [0.1, 0.15) is 23.0 Å². The lowest BCUT2D eigenvalue weighted by Crippen LogP contribution is -2.64. The number of methoxy groups -OCH3 is 2. The Labute approximate surface area is 201 Å². The van der Waals surface area contributed by atoms with E-state index in [0.29, 0.717) is 29.4 Å². The average Bonchev–Trinajstić information content (AvgIpc) is 3.45. The van der Waals surface area contributed by atoms with Crippen LogP contribution in [0.3, 0.4) is 0 Å². The summed E-state index contributed by atoms with van der Waals surface area (Å²) < 4.78 is 12.8. The Bertz CT molecular complexity index is 1390. The zero-order valence-electron chi connectivity index (χ0n) is 19.2. The van der Waals surface area contributed by atoms with Crippen molar-refractivity contribution in [2.75, 3.05) is 19.1 Å². The Kier molecular flexibility index (Phi) is 5.53. The molecule has 8 heteroatoms. The van der Waals surface area contributed by atoms with E-state index < -0.39 is 5.54 Å². The molecule has 34 heavy (non-hydrogen) atoms. The summed E-state index contributed by atoms with van der Waals surface area (Å²) in [5.74, 6) is 0.839. The molecule has 3 heterocycles. The second kappa shape index (κ2) is 8.53. The molecular weight excluding hydrogens is 450 g/mol. The van der Waals surface area contributed by atoms with Gasteiger partial charge in [0.1, 0.15) is 27.6 Å².